The maximum absolute atomic E-state index is 14.4. The summed E-state index contributed by atoms with van der Waals surface area (Å²) in [7, 11) is -1.93. The molecular weight excluding hydrogens is 1330 g/mol. The van der Waals surface area contributed by atoms with Crippen LogP contribution < -0.4 is 32.8 Å². The lowest BCUT2D eigenvalue weighted by atomic mass is 9.80. The van der Waals surface area contributed by atoms with Crippen LogP contribution in [0, 0.1) is 13.8 Å². The molecule has 0 saturated heterocycles. The summed E-state index contributed by atoms with van der Waals surface area (Å²) < 4.78 is 97.0. The molecule has 0 radical (unpaired) electrons. The van der Waals surface area contributed by atoms with Gasteiger partial charge in [-0.3, -0.25) is 4.18 Å². The molecule has 95 heavy (non-hydrogen) atoms. The molecule has 0 aliphatic rings. The maximum atomic E-state index is 14.4. The highest BCUT2D eigenvalue weighted by atomic mass is 79.9. The standard InChI is InChI=1S/C73H74BrClN4O14SSi/c1-12-86-71(80)63(41-48-40-55(93-95(10,11)72(4,5)6)32-36-60(48)87-42-52-38-39-76-68(79-52)59-20-16-17-21-61(59)85-9)91-69-65-64(67(74)92-70(65)78-45-77-69)58-35-37-62(66(75)47(58)3)90-56(44-89-94(81,82)57-33-22-46(2)23-34-57)43-88-73(49-18-14-13-15-19-49,50-24-28-53(83-7)29-25-50)51-26-30-54(84-8)31-27-51/h13-40,45,56,63H,12,41-44H2,1-11H3/t56-,63-/m1/s1. The Hall–Kier alpha value is -8.83. The molecule has 0 aliphatic carbocycles. The summed E-state index contributed by atoms with van der Waals surface area (Å²) in [6, 6.07) is 49.3. The highest BCUT2D eigenvalue weighted by Gasteiger charge is 2.41. The molecule has 3 aromatic heterocycles. The fourth-order valence-corrected chi connectivity index (χ4v) is 13.2. The molecule has 10 rings (SSSR count). The number of nitrogens with zero attached hydrogens (tertiary/aromatic N) is 4. The van der Waals surface area contributed by atoms with E-state index in [9.17, 15) is 13.2 Å². The topological polar surface area (TPSA) is 208 Å². The summed E-state index contributed by atoms with van der Waals surface area (Å²) in [5.41, 5.74) is 5.25. The van der Waals surface area contributed by atoms with Crippen molar-refractivity contribution in [2.45, 2.75) is 95.4 Å². The van der Waals surface area contributed by atoms with E-state index in [2.05, 4.69) is 64.7 Å². The van der Waals surface area contributed by atoms with E-state index < -0.39 is 48.8 Å². The van der Waals surface area contributed by atoms with Crippen LogP contribution in [0.2, 0.25) is 23.2 Å². The van der Waals surface area contributed by atoms with Gasteiger partial charge in [0.2, 0.25) is 26.0 Å². The number of fused-ring (bicyclic) bond motifs is 1. The van der Waals surface area contributed by atoms with E-state index in [-0.39, 0.29) is 63.2 Å². The van der Waals surface area contributed by atoms with Gasteiger partial charge in [-0.1, -0.05) is 123 Å². The molecule has 3 heterocycles. The van der Waals surface area contributed by atoms with Crippen LogP contribution >= 0.6 is 27.5 Å². The highest BCUT2D eigenvalue weighted by Crippen LogP contribution is 2.47. The third-order valence-electron chi connectivity index (χ3n) is 16.6. The minimum atomic E-state index is -4.33. The summed E-state index contributed by atoms with van der Waals surface area (Å²) in [6.07, 6.45) is 0.421. The molecule has 0 spiro atoms. The predicted molar refractivity (Wildman–Crippen MR) is 369 cm³/mol. The van der Waals surface area contributed by atoms with E-state index in [1.807, 2.05) is 128 Å². The van der Waals surface area contributed by atoms with E-state index in [0.717, 1.165) is 27.8 Å². The van der Waals surface area contributed by atoms with Crippen molar-refractivity contribution in [2.24, 2.45) is 0 Å². The number of ether oxygens (including phenoxy) is 8. The number of halogens is 2. The lowest BCUT2D eigenvalue weighted by Gasteiger charge is -2.37. The van der Waals surface area contributed by atoms with Crippen LogP contribution in [0.1, 0.15) is 66.8 Å². The van der Waals surface area contributed by atoms with Gasteiger partial charge >= 0.3 is 5.97 Å². The van der Waals surface area contributed by atoms with E-state index in [0.29, 0.717) is 67.9 Å². The summed E-state index contributed by atoms with van der Waals surface area (Å²) in [5, 5.41) is 0.325. The Kier molecular flexibility index (Phi) is 21.7. The molecule has 18 nitrogen and oxygen atoms in total. The molecular formula is C73H74BrClN4O14SSi. The van der Waals surface area contributed by atoms with Gasteiger partial charge in [0.15, 0.2) is 10.5 Å². The van der Waals surface area contributed by atoms with Crippen molar-refractivity contribution in [3.63, 3.8) is 0 Å². The average Bonchev–Trinajstić information content (AvgIpc) is 1.52. The van der Waals surface area contributed by atoms with Gasteiger partial charge in [0.05, 0.1) is 61.3 Å². The largest absolute Gasteiger partial charge is 0.543 e. The number of carbonyl (C=O) groups is 1. The SMILES string of the molecule is CCOC(=O)[C@@H](Cc1cc(O[Si](C)(C)C(C)(C)C)ccc1OCc1ccnc(-c2ccccc2OC)n1)Oc1ncnc2oc(Br)c(-c3ccc(O[C@H](COC(c4ccccc4)(c4ccc(OC)cc4)c4ccc(OC)cc4)COS(=O)(=O)c4ccc(C)cc4)c(Cl)c3C)c12. The molecule has 0 bridgehead atoms. The molecule has 0 unspecified atom stereocenters. The lowest BCUT2D eigenvalue weighted by molar-refractivity contribution is -0.151. The van der Waals surface area contributed by atoms with E-state index in [4.69, 9.17) is 67.5 Å². The minimum Gasteiger partial charge on any atom is -0.543 e. The Labute approximate surface area is 568 Å². The Morgan fingerprint density at radius 2 is 1.34 bits per heavy atom. The van der Waals surface area contributed by atoms with Crippen molar-refractivity contribution >= 4 is 63.0 Å². The van der Waals surface area contributed by atoms with Gasteiger partial charge in [-0.15, -0.1) is 0 Å². The summed E-state index contributed by atoms with van der Waals surface area (Å²) >= 11 is 11.1. The minimum absolute atomic E-state index is 0.00544. The number of para-hydroxylation sites is 1. The Balaban J connectivity index is 1.00. The van der Waals surface area contributed by atoms with Gasteiger partial charge in [0.1, 0.15) is 71.1 Å². The number of aromatic nitrogens is 4. The van der Waals surface area contributed by atoms with Gasteiger partial charge in [-0.25, -0.2) is 24.7 Å². The zero-order chi connectivity index (χ0) is 67.7. The summed E-state index contributed by atoms with van der Waals surface area (Å²) in [4.78, 5) is 32.8. The molecule has 0 fully saturated rings. The third kappa shape index (κ3) is 15.6. The van der Waals surface area contributed by atoms with Crippen molar-refractivity contribution < 1.29 is 64.1 Å². The zero-order valence-electron chi connectivity index (χ0n) is 54.6. The molecule has 7 aromatic carbocycles. The van der Waals surface area contributed by atoms with Gasteiger partial charge in [0, 0.05) is 18.2 Å². The summed E-state index contributed by atoms with van der Waals surface area (Å²) in [6.45, 7) is 15.5. The molecule has 2 atom stereocenters. The number of aryl methyl sites for hydroxylation is 1. The van der Waals surface area contributed by atoms with Crippen molar-refractivity contribution in [3.05, 3.63) is 225 Å². The third-order valence-corrected chi connectivity index (χ3v) is 23.2. The van der Waals surface area contributed by atoms with Crippen LogP contribution in [0.4, 0.5) is 0 Å². The van der Waals surface area contributed by atoms with Gasteiger partial charge in [-0.2, -0.15) is 8.42 Å². The van der Waals surface area contributed by atoms with E-state index in [1.54, 1.807) is 71.7 Å². The number of esters is 1. The number of benzene rings is 7. The Morgan fingerprint density at radius 3 is 1.99 bits per heavy atom. The molecule has 0 aliphatic heterocycles. The molecule has 0 amide bonds. The number of hydrogen-bond donors (Lipinski definition) is 0. The first kappa shape index (κ1) is 69.0. The first-order valence-corrected chi connectivity index (χ1v) is 36.1. The van der Waals surface area contributed by atoms with Crippen molar-refractivity contribution in [1.82, 2.24) is 19.9 Å². The number of furan rings is 1. The van der Waals surface area contributed by atoms with Crippen LogP contribution in [0.3, 0.4) is 0 Å². The van der Waals surface area contributed by atoms with E-state index >= 15 is 0 Å². The average molecular weight is 1410 g/mol. The fourth-order valence-electron chi connectivity index (χ4n) is 10.5. The quantitative estimate of drug-likeness (QED) is 0.0193. The number of hydrogen-bond acceptors (Lipinski definition) is 18. The monoisotopic (exact) mass is 1400 g/mol. The van der Waals surface area contributed by atoms with Gasteiger partial charge in [0.25, 0.3) is 10.1 Å². The van der Waals surface area contributed by atoms with Crippen LogP contribution in [-0.4, -0.2) is 96.0 Å². The van der Waals surface area contributed by atoms with Crippen LogP contribution in [0.25, 0.3) is 33.6 Å². The molecule has 494 valence electrons. The first-order valence-electron chi connectivity index (χ1n) is 30.6. The van der Waals surface area contributed by atoms with Crippen molar-refractivity contribution in [2.75, 3.05) is 41.2 Å². The van der Waals surface area contributed by atoms with E-state index in [1.165, 1.54) is 18.5 Å². The zero-order valence-corrected chi connectivity index (χ0v) is 58.8. The Morgan fingerprint density at radius 1 is 0.695 bits per heavy atom. The number of methoxy groups -OCH3 is 3. The number of carbonyl (C=O) groups excluding carboxylic acids is 1. The van der Waals surface area contributed by atoms with Gasteiger partial charge < -0.3 is 46.7 Å². The second-order valence-corrected chi connectivity index (χ2v) is 31.3. The van der Waals surface area contributed by atoms with Crippen LogP contribution in [0.5, 0.6) is 40.4 Å². The first-order chi connectivity index (χ1) is 45.6. The van der Waals surface area contributed by atoms with Crippen molar-refractivity contribution in [1.29, 1.82) is 0 Å². The van der Waals surface area contributed by atoms with Crippen LogP contribution in [-0.2, 0) is 47.2 Å². The lowest BCUT2D eigenvalue weighted by Crippen LogP contribution is -2.43. The fraction of sp³-hybridized carbons (Fsp3) is 0.274. The molecule has 22 heteroatoms. The predicted octanol–water partition coefficient (Wildman–Crippen LogP) is 16.1. The summed E-state index contributed by atoms with van der Waals surface area (Å²) in [5.74, 6) is 2.86. The maximum Gasteiger partial charge on any atom is 0.347 e. The van der Waals surface area contributed by atoms with Crippen LogP contribution in [0.15, 0.2) is 190 Å². The molecule has 0 N–H and O–H groups in total. The smallest absolute Gasteiger partial charge is 0.347 e. The highest BCUT2D eigenvalue weighted by molar-refractivity contribution is 9.10. The Bertz CT molecular complexity index is 4380. The number of rotatable bonds is 28. The molecule has 0 saturated carbocycles. The van der Waals surface area contributed by atoms with Gasteiger partial charge in [-0.05, 0) is 162 Å². The second kappa shape index (κ2) is 29.9. The molecule has 10 aromatic rings. The normalized spacial score (nSPS) is 12.6. The van der Waals surface area contributed by atoms with Crippen molar-refractivity contribution in [3.8, 4) is 62.9 Å². The second-order valence-electron chi connectivity index (χ2n) is 23.8.